The fourth-order valence-corrected chi connectivity index (χ4v) is 3.33. The van der Waals surface area contributed by atoms with Crippen LogP contribution >= 0.6 is 0 Å². The maximum atomic E-state index is 12.5. The van der Waals surface area contributed by atoms with Gasteiger partial charge < -0.3 is 15.5 Å². The van der Waals surface area contributed by atoms with Gasteiger partial charge in [-0.1, -0.05) is 68.4 Å². The Labute approximate surface area is 174 Å². The van der Waals surface area contributed by atoms with Crippen molar-refractivity contribution in [1.82, 2.24) is 20.7 Å². The minimum Gasteiger partial charge on any atom is -0.479 e. The van der Waals surface area contributed by atoms with Crippen LogP contribution in [-0.4, -0.2) is 49.6 Å². The number of benzene rings is 2. The van der Waals surface area contributed by atoms with Crippen molar-refractivity contribution >= 4 is 11.9 Å². The number of hydrogen-bond acceptors (Lipinski definition) is 5. The lowest BCUT2D eigenvalue weighted by Crippen LogP contribution is -2.50. The number of nitrogens with one attached hydrogen (secondary N) is 2. The van der Waals surface area contributed by atoms with E-state index in [0.717, 1.165) is 16.7 Å². The van der Waals surface area contributed by atoms with Crippen molar-refractivity contribution in [3.05, 3.63) is 72.1 Å². The van der Waals surface area contributed by atoms with Crippen LogP contribution in [0.15, 0.2) is 60.8 Å². The Balaban J connectivity index is 1.87. The molecule has 1 amide bonds. The summed E-state index contributed by atoms with van der Waals surface area (Å²) in [6.45, 7) is 3.79. The summed E-state index contributed by atoms with van der Waals surface area (Å²) >= 11 is 0. The molecule has 2 aromatic carbocycles. The van der Waals surface area contributed by atoms with Crippen molar-refractivity contribution in [3.63, 3.8) is 0 Å². The summed E-state index contributed by atoms with van der Waals surface area (Å²) < 4.78 is 0. The minimum absolute atomic E-state index is 0.0834. The zero-order valence-electron chi connectivity index (χ0n) is 16.7. The van der Waals surface area contributed by atoms with Gasteiger partial charge in [-0.3, -0.25) is 4.79 Å². The van der Waals surface area contributed by atoms with E-state index in [2.05, 4.69) is 20.7 Å². The number of aliphatic carboxylic acids is 1. The maximum absolute atomic E-state index is 12.5. The van der Waals surface area contributed by atoms with Crippen molar-refractivity contribution in [2.45, 2.75) is 37.8 Å². The van der Waals surface area contributed by atoms with Crippen LogP contribution in [0.5, 0.6) is 0 Å². The predicted molar refractivity (Wildman–Crippen MR) is 111 cm³/mol. The van der Waals surface area contributed by atoms with E-state index in [9.17, 15) is 14.7 Å². The summed E-state index contributed by atoms with van der Waals surface area (Å²) in [7, 11) is 0. The molecule has 30 heavy (non-hydrogen) atoms. The van der Waals surface area contributed by atoms with Crippen molar-refractivity contribution in [1.29, 1.82) is 0 Å². The van der Waals surface area contributed by atoms with Gasteiger partial charge in [-0.25, -0.2) is 4.79 Å². The van der Waals surface area contributed by atoms with E-state index in [-0.39, 0.29) is 12.1 Å². The van der Waals surface area contributed by atoms with Gasteiger partial charge in [0.05, 0.1) is 6.20 Å². The number of aliphatic hydroxyl groups is 1. The lowest BCUT2D eigenvalue weighted by molar-refractivity contribution is -0.147. The van der Waals surface area contributed by atoms with E-state index in [1.54, 1.807) is 0 Å². The number of hydrogen-bond donors (Lipinski definition) is 4. The van der Waals surface area contributed by atoms with Crippen molar-refractivity contribution in [3.8, 4) is 11.1 Å². The molecule has 8 heteroatoms. The Morgan fingerprint density at radius 2 is 1.70 bits per heavy atom. The number of carbonyl (C=O) groups excluding carboxylic acids is 1. The number of rotatable bonds is 8. The first-order chi connectivity index (χ1) is 14.3. The van der Waals surface area contributed by atoms with Crippen molar-refractivity contribution in [2.75, 3.05) is 0 Å². The molecule has 0 spiro atoms. The highest BCUT2D eigenvalue weighted by molar-refractivity contribution is 5.92. The minimum atomic E-state index is -1.62. The molecule has 3 rings (SSSR count). The zero-order valence-corrected chi connectivity index (χ0v) is 16.7. The molecule has 8 nitrogen and oxygen atoms in total. The number of amides is 1. The average Bonchev–Trinajstić information content (AvgIpc) is 3.29. The van der Waals surface area contributed by atoms with Gasteiger partial charge in [0, 0.05) is 17.9 Å². The Bertz CT molecular complexity index is 986. The first kappa shape index (κ1) is 21.2. The molecule has 0 fully saturated rings. The molecule has 0 aliphatic rings. The third kappa shape index (κ3) is 4.72. The number of aromatic amines is 1. The standard InChI is InChI=1S/C22H24N4O4/c1-22(2,16-10-8-15(9-11-16)14-6-4-3-5-7-14)19(12-18(27)21(29)30)24-20(28)17-13-23-26-25-17/h3-11,13,18-19,27H,12H2,1-2H3,(H,24,28)(H,29,30)(H,23,25,26)/t18-,19+/m1/s1. The molecule has 0 unspecified atom stereocenters. The SMILES string of the molecule is CC(C)(c1ccc(-c2ccccc2)cc1)[C@H](C[C@@H](O)C(=O)O)NC(=O)c1cn[nH]n1. The number of carboxylic acid groups (broad SMARTS) is 1. The molecule has 2 atom stereocenters. The molecular formula is C22H24N4O4. The third-order valence-electron chi connectivity index (χ3n) is 5.30. The van der Waals surface area contributed by atoms with Crippen LogP contribution < -0.4 is 5.32 Å². The molecule has 4 N–H and O–H groups in total. The fourth-order valence-electron chi connectivity index (χ4n) is 3.33. The van der Waals surface area contributed by atoms with E-state index in [1.807, 2.05) is 68.4 Å². The molecule has 0 saturated heterocycles. The van der Waals surface area contributed by atoms with E-state index in [4.69, 9.17) is 5.11 Å². The van der Waals surface area contributed by atoms with Gasteiger partial charge in [-0.2, -0.15) is 15.4 Å². The summed E-state index contributed by atoms with van der Waals surface area (Å²) in [6, 6.07) is 17.1. The van der Waals surface area contributed by atoms with Gasteiger partial charge in [0.25, 0.3) is 5.91 Å². The lowest BCUT2D eigenvalue weighted by Gasteiger charge is -2.36. The van der Waals surface area contributed by atoms with E-state index < -0.39 is 29.4 Å². The van der Waals surface area contributed by atoms with Crippen LogP contribution in [0.3, 0.4) is 0 Å². The number of aromatic nitrogens is 3. The van der Waals surface area contributed by atoms with Gasteiger partial charge in [0.1, 0.15) is 0 Å². The molecule has 0 saturated carbocycles. The van der Waals surface area contributed by atoms with Crippen LogP contribution in [0, 0.1) is 0 Å². The zero-order chi connectivity index (χ0) is 21.7. The van der Waals surface area contributed by atoms with Gasteiger partial charge in [-0.05, 0) is 16.7 Å². The Morgan fingerprint density at radius 1 is 1.07 bits per heavy atom. The highest BCUT2D eigenvalue weighted by atomic mass is 16.4. The Morgan fingerprint density at radius 3 is 2.27 bits per heavy atom. The fraction of sp³-hybridized carbons (Fsp3) is 0.273. The second-order valence-electron chi connectivity index (χ2n) is 7.64. The van der Waals surface area contributed by atoms with Crippen LogP contribution in [0.1, 0.15) is 36.3 Å². The maximum Gasteiger partial charge on any atom is 0.332 e. The van der Waals surface area contributed by atoms with Crippen molar-refractivity contribution < 1.29 is 19.8 Å². The molecule has 3 aromatic rings. The number of H-pyrrole nitrogens is 1. The molecule has 0 bridgehead atoms. The first-order valence-electron chi connectivity index (χ1n) is 9.52. The van der Waals surface area contributed by atoms with Crippen LogP contribution in [0.25, 0.3) is 11.1 Å². The van der Waals surface area contributed by atoms with Crippen LogP contribution in [-0.2, 0) is 10.2 Å². The van der Waals surface area contributed by atoms with E-state index in [0.29, 0.717) is 0 Å². The quantitative estimate of drug-likeness (QED) is 0.453. The van der Waals surface area contributed by atoms with Crippen LogP contribution in [0.2, 0.25) is 0 Å². The Kier molecular flexibility index (Phi) is 6.27. The average molecular weight is 408 g/mol. The summed E-state index contributed by atoms with van der Waals surface area (Å²) in [5.41, 5.74) is 2.43. The number of carboxylic acids is 1. The molecular weight excluding hydrogens is 384 g/mol. The van der Waals surface area contributed by atoms with Gasteiger partial charge in [0.2, 0.25) is 0 Å². The van der Waals surface area contributed by atoms with Gasteiger partial charge in [-0.15, -0.1) is 0 Å². The normalized spacial score (nSPS) is 13.4. The highest BCUT2D eigenvalue weighted by Crippen LogP contribution is 2.32. The highest BCUT2D eigenvalue weighted by Gasteiger charge is 2.36. The summed E-state index contributed by atoms with van der Waals surface area (Å²) in [5, 5.41) is 31.7. The Hall–Kier alpha value is -3.52. The lowest BCUT2D eigenvalue weighted by atomic mass is 9.75. The predicted octanol–water partition coefficient (Wildman–Crippen LogP) is 2.38. The number of nitrogens with zero attached hydrogens (tertiary/aromatic N) is 2. The van der Waals surface area contributed by atoms with Crippen molar-refractivity contribution in [2.24, 2.45) is 0 Å². The molecule has 0 radical (unpaired) electrons. The number of aliphatic hydroxyl groups excluding tert-OH is 1. The molecule has 0 aliphatic carbocycles. The second-order valence-corrected chi connectivity index (χ2v) is 7.64. The molecule has 156 valence electrons. The summed E-state index contributed by atoms with van der Waals surface area (Å²) in [5.74, 6) is -1.84. The monoisotopic (exact) mass is 408 g/mol. The van der Waals surface area contributed by atoms with Crippen LogP contribution in [0.4, 0.5) is 0 Å². The largest absolute Gasteiger partial charge is 0.479 e. The number of carbonyl (C=O) groups is 2. The second kappa shape index (κ2) is 8.87. The third-order valence-corrected chi connectivity index (χ3v) is 5.30. The van der Waals surface area contributed by atoms with Gasteiger partial charge in [0.15, 0.2) is 11.8 Å². The smallest absolute Gasteiger partial charge is 0.332 e. The van der Waals surface area contributed by atoms with E-state index >= 15 is 0 Å². The first-order valence-corrected chi connectivity index (χ1v) is 9.52. The summed E-state index contributed by atoms with van der Waals surface area (Å²) in [4.78, 5) is 23.7. The topological polar surface area (TPSA) is 128 Å². The van der Waals surface area contributed by atoms with E-state index in [1.165, 1.54) is 6.20 Å². The summed E-state index contributed by atoms with van der Waals surface area (Å²) in [6.07, 6.45) is -0.496. The molecule has 1 aromatic heterocycles. The van der Waals surface area contributed by atoms with Gasteiger partial charge >= 0.3 is 5.97 Å². The molecule has 0 aliphatic heterocycles. The molecule has 1 heterocycles.